The van der Waals surface area contributed by atoms with Crippen molar-refractivity contribution in [2.45, 2.75) is 31.7 Å². The van der Waals surface area contributed by atoms with Crippen molar-refractivity contribution in [3.63, 3.8) is 0 Å². The Balaban J connectivity index is 2.16. The summed E-state index contributed by atoms with van der Waals surface area (Å²) in [5.74, 6) is -0.958. The van der Waals surface area contributed by atoms with Crippen LogP contribution in [0.5, 0.6) is 5.75 Å². The number of carbonyl (C=O) groups excluding carboxylic acids is 1. The molecule has 1 heterocycles. The van der Waals surface area contributed by atoms with Gasteiger partial charge < -0.3 is 20.5 Å². The van der Waals surface area contributed by atoms with Crippen LogP contribution in [0.25, 0.3) is 0 Å². The van der Waals surface area contributed by atoms with Gasteiger partial charge in [0.2, 0.25) is 5.91 Å². The van der Waals surface area contributed by atoms with Gasteiger partial charge in [-0.2, -0.15) is 0 Å². The van der Waals surface area contributed by atoms with E-state index in [1.165, 1.54) is 19.2 Å². The van der Waals surface area contributed by atoms with Crippen LogP contribution in [0.1, 0.15) is 36.5 Å². The van der Waals surface area contributed by atoms with E-state index in [4.69, 9.17) is 9.84 Å². The lowest BCUT2D eigenvalue weighted by atomic mass is 9.90. The minimum absolute atomic E-state index is 0.0671. The Morgan fingerprint density at radius 1 is 1.38 bits per heavy atom. The first kappa shape index (κ1) is 15.3. The molecule has 1 aromatic carbocycles. The molecule has 0 aromatic heterocycles. The predicted octanol–water partition coefficient (Wildman–Crippen LogP) is 1.86. The molecule has 2 rings (SSSR count). The zero-order chi connectivity index (χ0) is 15.5. The van der Waals surface area contributed by atoms with Gasteiger partial charge in [0.15, 0.2) is 0 Å². The topological polar surface area (TPSA) is 87.7 Å². The number of anilines is 1. The Bertz CT molecular complexity index is 551. The van der Waals surface area contributed by atoms with E-state index in [-0.39, 0.29) is 17.2 Å². The summed E-state index contributed by atoms with van der Waals surface area (Å²) in [6, 6.07) is 4.51. The normalized spacial score (nSPS) is 21.6. The Morgan fingerprint density at radius 2 is 2.14 bits per heavy atom. The van der Waals surface area contributed by atoms with Gasteiger partial charge in [-0.1, -0.05) is 0 Å². The molecule has 0 radical (unpaired) electrons. The molecule has 1 unspecified atom stereocenters. The monoisotopic (exact) mass is 292 g/mol. The molecule has 1 saturated heterocycles. The third-order valence-corrected chi connectivity index (χ3v) is 3.81. The van der Waals surface area contributed by atoms with Crippen LogP contribution in [-0.4, -0.2) is 36.2 Å². The van der Waals surface area contributed by atoms with Crippen molar-refractivity contribution in [1.29, 1.82) is 0 Å². The number of amides is 1. The minimum Gasteiger partial charge on any atom is -0.496 e. The molecule has 0 bridgehead atoms. The molecule has 21 heavy (non-hydrogen) atoms. The highest BCUT2D eigenvalue weighted by molar-refractivity contribution is 5.99. The molecule has 1 fully saturated rings. The highest BCUT2D eigenvalue weighted by Crippen LogP contribution is 2.25. The molecule has 0 aliphatic carbocycles. The summed E-state index contributed by atoms with van der Waals surface area (Å²) in [4.78, 5) is 23.4. The average molecular weight is 292 g/mol. The number of ether oxygens (including phenoxy) is 1. The maximum Gasteiger partial charge on any atom is 0.339 e. The second kappa shape index (κ2) is 6.13. The SMILES string of the molecule is COc1cc(NC(=O)C2(C)CCCCN2)ccc1C(=O)O. The standard InChI is InChI=1S/C15H20N2O4/c1-15(7-3-4-8-16-15)14(20)17-10-5-6-11(13(18)19)12(9-10)21-2/h5-6,9,16H,3-4,7-8H2,1-2H3,(H,17,20)(H,18,19). The van der Waals surface area contributed by atoms with Crippen LogP contribution in [0.4, 0.5) is 5.69 Å². The summed E-state index contributed by atoms with van der Waals surface area (Å²) in [6.07, 6.45) is 2.87. The average Bonchev–Trinajstić information content (AvgIpc) is 2.47. The van der Waals surface area contributed by atoms with Crippen molar-refractivity contribution >= 4 is 17.6 Å². The molecule has 0 spiro atoms. The Labute approximate surface area is 123 Å². The fourth-order valence-corrected chi connectivity index (χ4v) is 2.46. The quantitative estimate of drug-likeness (QED) is 0.788. The summed E-state index contributed by atoms with van der Waals surface area (Å²) < 4.78 is 5.05. The van der Waals surface area contributed by atoms with Gasteiger partial charge in [-0.05, 0) is 44.9 Å². The molecule has 1 atom stereocenters. The molecule has 0 saturated carbocycles. The maximum absolute atomic E-state index is 12.4. The van der Waals surface area contributed by atoms with Crippen molar-refractivity contribution in [2.24, 2.45) is 0 Å². The molecule has 1 aromatic rings. The number of aromatic carboxylic acids is 1. The number of benzene rings is 1. The van der Waals surface area contributed by atoms with Crippen molar-refractivity contribution in [3.05, 3.63) is 23.8 Å². The summed E-state index contributed by atoms with van der Waals surface area (Å²) in [5.41, 5.74) is 0.00434. The van der Waals surface area contributed by atoms with Crippen LogP contribution in [0, 0.1) is 0 Å². The highest BCUT2D eigenvalue weighted by atomic mass is 16.5. The van der Waals surface area contributed by atoms with Crippen LogP contribution in [-0.2, 0) is 4.79 Å². The molecule has 3 N–H and O–H groups in total. The van der Waals surface area contributed by atoms with Gasteiger partial charge in [-0.15, -0.1) is 0 Å². The largest absolute Gasteiger partial charge is 0.496 e. The second-order valence-corrected chi connectivity index (χ2v) is 5.39. The molecule has 6 nitrogen and oxygen atoms in total. The first-order valence-electron chi connectivity index (χ1n) is 6.94. The lowest BCUT2D eigenvalue weighted by Crippen LogP contribution is -2.54. The van der Waals surface area contributed by atoms with E-state index in [0.29, 0.717) is 5.69 Å². The number of hydrogen-bond donors (Lipinski definition) is 3. The zero-order valence-electron chi connectivity index (χ0n) is 12.2. The first-order valence-corrected chi connectivity index (χ1v) is 6.94. The third kappa shape index (κ3) is 3.33. The summed E-state index contributed by atoms with van der Waals surface area (Å²) in [5, 5.41) is 15.1. The zero-order valence-corrected chi connectivity index (χ0v) is 12.2. The van der Waals surface area contributed by atoms with Crippen molar-refractivity contribution in [2.75, 3.05) is 19.0 Å². The van der Waals surface area contributed by atoms with Gasteiger partial charge in [0.1, 0.15) is 11.3 Å². The lowest BCUT2D eigenvalue weighted by Gasteiger charge is -2.33. The van der Waals surface area contributed by atoms with Gasteiger partial charge in [0, 0.05) is 11.8 Å². The van der Waals surface area contributed by atoms with Gasteiger partial charge in [0.25, 0.3) is 0 Å². The first-order chi connectivity index (χ1) is 9.96. The highest BCUT2D eigenvalue weighted by Gasteiger charge is 2.34. The minimum atomic E-state index is -1.06. The summed E-state index contributed by atoms with van der Waals surface area (Å²) in [7, 11) is 1.40. The van der Waals surface area contributed by atoms with E-state index >= 15 is 0 Å². The number of piperidine rings is 1. The van der Waals surface area contributed by atoms with E-state index < -0.39 is 11.5 Å². The predicted molar refractivity (Wildman–Crippen MR) is 78.8 cm³/mol. The van der Waals surface area contributed by atoms with Gasteiger partial charge >= 0.3 is 5.97 Å². The van der Waals surface area contributed by atoms with Crippen molar-refractivity contribution in [1.82, 2.24) is 5.32 Å². The molecule has 1 amide bonds. The van der Waals surface area contributed by atoms with Crippen LogP contribution >= 0.6 is 0 Å². The van der Waals surface area contributed by atoms with Crippen LogP contribution in [0.3, 0.4) is 0 Å². The van der Waals surface area contributed by atoms with Crippen molar-refractivity contribution in [3.8, 4) is 5.75 Å². The third-order valence-electron chi connectivity index (χ3n) is 3.81. The van der Waals surface area contributed by atoms with Crippen LogP contribution in [0.15, 0.2) is 18.2 Å². The van der Waals surface area contributed by atoms with Gasteiger partial charge in [-0.25, -0.2) is 4.79 Å². The number of rotatable bonds is 4. The molecular weight excluding hydrogens is 272 g/mol. The lowest BCUT2D eigenvalue weighted by molar-refractivity contribution is -0.122. The Morgan fingerprint density at radius 3 is 2.71 bits per heavy atom. The van der Waals surface area contributed by atoms with E-state index in [9.17, 15) is 9.59 Å². The summed E-state index contributed by atoms with van der Waals surface area (Å²) in [6.45, 7) is 2.70. The number of nitrogens with one attached hydrogen (secondary N) is 2. The van der Waals surface area contributed by atoms with E-state index in [2.05, 4.69) is 10.6 Å². The number of carbonyl (C=O) groups is 2. The maximum atomic E-state index is 12.4. The van der Waals surface area contributed by atoms with E-state index in [1.54, 1.807) is 6.07 Å². The summed E-state index contributed by atoms with van der Waals surface area (Å²) >= 11 is 0. The Hall–Kier alpha value is -2.08. The molecule has 1 aliphatic rings. The fourth-order valence-electron chi connectivity index (χ4n) is 2.46. The Kier molecular flexibility index (Phi) is 4.47. The fraction of sp³-hybridized carbons (Fsp3) is 0.467. The van der Waals surface area contributed by atoms with E-state index in [0.717, 1.165) is 25.8 Å². The van der Waals surface area contributed by atoms with Gasteiger partial charge in [0.05, 0.1) is 12.6 Å². The van der Waals surface area contributed by atoms with E-state index in [1.807, 2.05) is 6.92 Å². The molecule has 1 aliphatic heterocycles. The van der Waals surface area contributed by atoms with Crippen molar-refractivity contribution < 1.29 is 19.4 Å². The molecule has 6 heteroatoms. The molecular formula is C15H20N2O4. The van der Waals surface area contributed by atoms with Crippen LogP contribution < -0.4 is 15.4 Å². The second-order valence-electron chi connectivity index (χ2n) is 5.39. The smallest absolute Gasteiger partial charge is 0.339 e. The number of methoxy groups -OCH3 is 1. The number of hydrogen-bond acceptors (Lipinski definition) is 4. The molecule has 114 valence electrons. The van der Waals surface area contributed by atoms with Gasteiger partial charge in [-0.3, -0.25) is 4.79 Å². The number of carboxylic acid groups (broad SMARTS) is 1. The van der Waals surface area contributed by atoms with Crippen LogP contribution in [0.2, 0.25) is 0 Å². The number of carboxylic acids is 1.